The number of fused-ring (bicyclic) bond motifs is 1. The van der Waals surface area contributed by atoms with E-state index >= 15 is 0 Å². The molecule has 2 aliphatic heterocycles. The SMILES string of the molecule is CC1CCCC(N)C1C(=O)N1CC2CCCN2CC1C. The van der Waals surface area contributed by atoms with Crippen molar-refractivity contribution in [3.8, 4) is 0 Å². The van der Waals surface area contributed by atoms with Gasteiger partial charge in [0.05, 0.1) is 5.92 Å². The number of rotatable bonds is 1. The number of nitrogens with two attached hydrogens (primary N) is 1. The van der Waals surface area contributed by atoms with Crippen molar-refractivity contribution in [1.82, 2.24) is 9.80 Å². The average molecular weight is 279 g/mol. The van der Waals surface area contributed by atoms with Gasteiger partial charge in [-0.05, 0) is 45.1 Å². The molecule has 5 atom stereocenters. The predicted molar refractivity (Wildman–Crippen MR) is 80.3 cm³/mol. The Morgan fingerprint density at radius 2 is 1.90 bits per heavy atom. The molecule has 0 spiro atoms. The van der Waals surface area contributed by atoms with E-state index in [1.54, 1.807) is 0 Å². The van der Waals surface area contributed by atoms with Crippen molar-refractivity contribution in [2.75, 3.05) is 19.6 Å². The van der Waals surface area contributed by atoms with Crippen LogP contribution in [0.1, 0.15) is 46.0 Å². The molecular weight excluding hydrogens is 250 g/mol. The number of hydrogen-bond acceptors (Lipinski definition) is 3. The Kier molecular flexibility index (Phi) is 4.04. The molecular formula is C16H29N3O. The molecule has 114 valence electrons. The van der Waals surface area contributed by atoms with Crippen LogP contribution in [0.3, 0.4) is 0 Å². The molecule has 5 unspecified atom stereocenters. The van der Waals surface area contributed by atoms with Crippen LogP contribution in [0.5, 0.6) is 0 Å². The molecule has 3 rings (SSSR count). The zero-order valence-corrected chi connectivity index (χ0v) is 12.9. The van der Waals surface area contributed by atoms with Crippen molar-refractivity contribution in [2.24, 2.45) is 17.6 Å². The van der Waals surface area contributed by atoms with Gasteiger partial charge in [0.1, 0.15) is 0 Å². The lowest BCUT2D eigenvalue weighted by Crippen LogP contribution is -2.60. The third-order valence-electron chi connectivity index (χ3n) is 5.78. The van der Waals surface area contributed by atoms with Crippen LogP contribution < -0.4 is 5.73 Å². The van der Waals surface area contributed by atoms with Crippen molar-refractivity contribution in [2.45, 2.75) is 64.1 Å². The van der Waals surface area contributed by atoms with Crippen LogP contribution in [0, 0.1) is 11.8 Å². The fourth-order valence-corrected chi connectivity index (χ4v) is 4.57. The second kappa shape index (κ2) is 5.64. The monoisotopic (exact) mass is 279 g/mol. The minimum atomic E-state index is 0.0548. The molecule has 2 N–H and O–H groups in total. The van der Waals surface area contributed by atoms with Crippen molar-refractivity contribution in [1.29, 1.82) is 0 Å². The van der Waals surface area contributed by atoms with E-state index in [1.807, 2.05) is 0 Å². The van der Waals surface area contributed by atoms with Gasteiger partial charge in [-0.2, -0.15) is 0 Å². The number of nitrogens with zero attached hydrogens (tertiary/aromatic N) is 2. The molecule has 0 aromatic carbocycles. The minimum absolute atomic E-state index is 0.0548. The minimum Gasteiger partial charge on any atom is -0.337 e. The first-order chi connectivity index (χ1) is 9.58. The second-order valence-electron chi connectivity index (χ2n) is 7.23. The maximum absolute atomic E-state index is 13.0. The van der Waals surface area contributed by atoms with Gasteiger partial charge in [0.2, 0.25) is 5.91 Å². The molecule has 1 aliphatic carbocycles. The van der Waals surface area contributed by atoms with Crippen LogP contribution in [0.4, 0.5) is 0 Å². The summed E-state index contributed by atoms with van der Waals surface area (Å²) in [6.07, 6.45) is 5.89. The number of carbonyl (C=O) groups is 1. The van der Waals surface area contributed by atoms with Gasteiger partial charge < -0.3 is 10.6 Å². The number of hydrogen-bond donors (Lipinski definition) is 1. The Hall–Kier alpha value is -0.610. The molecule has 0 aromatic rings. The Labute approximate surface area is 122 Å². The van der Waals surface area contributed by atoms with Crippen LogP contribution in [-0.2, 0) is 4.79 Å². The van der Waals surface area contributed by atoms with Gasteiger partial charge in [0, 0.05) is 31.2 Å². The van der Waals surface area contributed by atoms with Crippen molar-refractivity contribution < 1.29 is 4.79 Å². The van der Waals surface area contributed by atoms with Gasteiger partial charge in [-0.15, -0.1) is 0 Å². The normalized spacial score (nSPS) is 42.5. The molecule has 1 saturated carbocycles. The molecule has 2 saturated heterocycles. The van der Waals surface area contributed by atoms with Gasteiger partial charge in [0.15, 0.2) is 0 Å². The summed E-state index contributed by atoms with van der Waals surface area (Å²) in [6, 6.07) is 1.02. The molecule has 0 aromatic heterocycles. The molecule has 2 heterocycles. The zero-order chi connectivity index (χ0) is 14.3. The smallest absolute Gasteiger partial charge is 0.227 e. The lowest BCUT2D eigenvalue weighted by molar-refractivity contribution is -0.144. The van der Waals surface area contributed by atoms with Crippen LogP contribution in [0.15, 0.2) is 0 Å². The first-order valence-electron chi connectivity index (χ1n) is 8.38. The number of piperazine rings is 1. The zero-order valence-electron chi connectivity index (χ0n) is 12.9. The van der Waals surface area contributed by atoms with E-state index < -0.39 is 0 Å². The molecule has 1 amide bonds. The number of carbonyl (C=O) groups excluding carboxylic acids is 1. The molecule has 3 fully saturated rings. The van der Waals surface area contributed by atoms with Gasteiger partial charge in [0.25, 0.3) is 0 Å². The average Bonchev–Trinajstić information content (AvgIpc) is 2.84. The van der Waals surface area contributed by atoms with E-state index in [4.69, 9.17) is 5.73 Å². The molecule has 0 radical (unpaired) electrons. The van der Waals surface area contributed by atoms with Crippen molar-refractivity contribution in [3.05, 3.63) is 0 Å². The van der Waals surface area contributed by atoms with Gasteiger partial charge >= 0.3 is 0 Å². The Balaban J connectivity index is 1.72. The largest absolute Gasteiger partial charge is 0.337 e. The summed E-state index contributed by atoms with van der Waals surface area (Å²) < 4.78 is 0. The van der Waals surface area contributed by atoms with Crippen LogP contribution >= 0.6 is 0 Å². The van der Waals surface area contributed by atoms with E-state index in [-0.39, 0.29) is 12.0 Å². The van der Waals surface area contributed by atoms with E-state index in [1.165, 1.54) is 25.8 Å². The lowest BCUT2D eigenvalue weighted by atomic mass is 9.76. The van der Waals surface area contributed by atoms with Crippen molar-refractivity contribution >= 4 is 5.91 Å². The molecule has 0 bridgehead atoms. The lowest BCUT2D eigenvalue weighted by Gasteiger charge is -2.45. The van der Waals surface area contributed by atoms with Crippen LogP contribution in [0.2, 0.25) is 0 Å². The highest BCUT2D eigenvalue weighted by atomic mass is 16.2. The van der Waals surface area contributed by atoms with Gasteiger partial charge in [-0.3, -0.25) is 9.69 Å². The standard InChI is InChI=1S/C16H29N3O/c1-11-5-3-7-14(17)15(11)16(20)19-10-13-6-4-8-18(13)9-12(19)2/h11-15H,3-10,17H2,1-2H3. The van der Waals surface area contributed by atoms with Crippen LogP contribution in [-0.4, -0.2) is 53.5 Å². The van der Waals surface area contributed by atoms with E-state index in [0.29, 0.717) is 23.9 Å². The highest BCUT2D eigenvalue weighted by Crippen LogP contribution is 2.33. The quantitative estimate of drug-likeness (QED) is 0.790. The summed E-state index contributed by atoms with van der Waals surface area (Å²) in [6.45, 7) is 7.60. The highest BCUT2D eigenvalue weighted by Gasteiger charge is 2.42. The number of amides is 1. The third kappa shape index (κ3) is 2.48. The summed E-state index contributed by atoms with van der Waals surface area (Å²) in [7, 11) is 0. The fraction of sp³-hybridized carbons (Fsp3) is 0.938. The summed E-state index contributed by atoms with van der Waals surface area (Å²) in [4.78, 5) is 17.7. The second-order valence-corrected chi connectivity index (χ2v) is 7.23. The topological polar surface area (TPSA) is 49.6 Å². The Morgan fingerprint density at radius 3 is 2.65 bits per heavy atom. The third-order valence-corrected chi connectivity index (χ3v) is 5.78. The first kappa shape index (κ1) is 14.3. The molecule has 4 heteroatoms. The Morgan fingerprint density at radius 1 is 1.10 bits per heavy atom. The fourth-order valence-electron chi connectivity index (χ4n) is 4.57. The van der Waals surface area contributed by atoms with Gasteiger partial charge in [-0.25, -0.2) is 0 Å². The summed E-state index contributed by atoms with van der Waals surface area (Å²) in [5.41, 5.74) is 6.27. The van der Waals surface area contributed by atoms with E-state index in [9.17, 15) is 4.79 Å². The summed E-state index contributed by atoms with van der Waals surface area (Å²) >= 11 is 0. The van der Waals surface area contributed by atoms with Crippen LogP contribution in [0.25, 0.3) is 0 Å². The van der Waals surface area contributed by atoms with Crippen molar-refractivity contribution in [3.63, 3.8) is 0 Å². The Bertz CT molecular complexity index is 363. The molecule has 4 nitrogen and oxygen atoms in total. The van der Waals surface area contributed by atoms with Gasteiger partial charge in [-0.1, -0.05) is 13.3 Å². The van der Waals surface area contributed by atoms with E-state index in [2.05, 4.69) is 23.6 Å². The summed E-state index contributed by atoms with van der Waals surface area (Å²) in [5.74, 6) is 0.836. The van der Waals surface area contributed by atoms with E-state index in [0.717, 1.165) is 25.9 Å². The highest BCUT2D eigenvalue weighted by molar-refractivity contribution is 5.80. The molecule has 3 aliphatic rings. The maximum Gasteiger partial charge on any atom is 0.227 e. The first-order valence-corrected chi connectivity index (χ1v) is 8.38. The maximum atomic E-state index is 13.0. The predicted octanol–water partition coefficient (Wildman–Crippen LogP) is 1.45. The summed E-state index contributed by atoms with van der Waals surface area (Å²) in [5, 5.41) is 0. The molecule has 20 heavy (non-hydrogen) atoms.